The number of carbonyl (C=O) groups excluding carboxylic acids is 1. The number of H-pyrrole nitrogens is 1. The monoisotopic (exact) mass is 437 g/mol. The first-order chi connectivity index (χ1) is 16.3. The fraction of sp³-hybridized carbons (Fsp3) is 0.154. The average molecular weight is 438 g/mol. The molecule has 33 heavy (non-hydrogen) atoms. The third-order valence-corrected chi connectivity index (χ3v) is 5.51. The Labute approximate surface area is 190 Å². The number of aromatic nitrogens is 4. The number of carbonyl (C=O) groups is 1. The van der Waals surface area contributed by atoms with Crippen LogP contribution >= 0.6 is 0 Å². The van der Waals surface area contributed by atoms with Crippen LogP contribution in [0.1, 0.15) is 35.9 Å². The molecule has 2 heterocycles. The van der Waals surface area contributed by atoms with Crippen LogP contribution in [0.5, 0.6) is 0 Å². The minimum absolute atomic E-state index is 0.0311. The lowest BCUT2D eigenvalue weighted by Crippen LogP contribution is -2.29. The molecule has 0 bridgehead atoms. The maximum absolute atomic E-state index is 12.8. The van der Waals surface area contributed by atoms with Gasteiger partial charge in [0.1, 0.15) is 0 Å². The van der Waals surface area contributed by atoms with Crippen LogP contribution in [-0.4, -0.2) is 26.0 Å². The number of imidazole rings is 1. The van der Waals surface area contributed by atoms with Crippen molar-refractivity contribution >= 4 is 16.9 Å². The molecule has 2 aromatic heterocycles. The van der Waals surface area contributed by atoms with Gasteiger partial charge in [-0.1, -0.05) is 71.9 Å². The summed E-state index contributed by atoms with van der Waals surface area (Å²) in [7, 11) is 0. The van der Waals surface area contributed by atoms with Gasteiger partial charge in [-0.2, -0.15) is 4.98 Å². The smallest absolute Gasteiger partial charge is 0.226 e. The van der Waals surface area contributed by atoms with E-state index in [2.05, 4.69) is 25.4 Å². The van der Waals surface area contributed by atoms with Crippen LogP contribution in [0.15, 0.2) is 89.7 Å². The van der Waals surface area contributed by atoms with Crippen LogP contribution in [0.25, 0.3) is 22.4 Å². The molecule has 0 aliphatic carbocycles. The van der Waals surface area contributed by atoms with E-state index >= 15 is 0 Å². The normalized spacial score (nSPS) is 12.0. The van der Waals surface area contributed by atoms with Gasteiger partial charge >= 0.3 is 0 Å². The van der Waals surface area contributed by atoms with Crippen LogP contribution in [-0.2, 0) is 11.2 Å². The van der Waals surface area contributed by atoms with Gasteiger partial charge in [0.2, 0.25) is 17.6 Å². The lowest BCUT2D eigenvalue weighted by molar-refractivity contribution is -0.121. The summed E-state index contributed by atoms with van der Waals surface area (Å²) in [5, 5.41) is 7.22. The summed E-state index contributed by atoms with van der Waals surface area (Å²) in [5.41, 5.74) is 4.76. The topological polar surface area (TPSA) is 96.7 Å². The van der Waals surface area contributed by atoms with Crippen molar-refractivity contribution in [3.8, 4) is 11.4 Å². The van der Waals surface area contributed by atoms with Crippen molar-refractivity contribution in [1.82, 2.24) is 25.4 Å². The molecule has 0 saturated heterocycles. The number of aryl methyl sites for hydroxylation is 1. The molecule has 164 valence electrons. The summed E-state index contributed by atoms with van der Waals surface area (Å²) in [4.78, 5) is 24.7. The summed E-state index contributed by atoms with van der Waals surface area (Å²) in [6.07, 6.45) is 3.19. The van der Waals surface area contributed by atoms with E-state index in [0.717, 1.165) is 27.7 Å². The second-order valence-electron chi connectivity index (χ2n) is 7.82. The van der Waals surface area contributed by atoms with E-state index in [1.807, 2.05) is 78.9 Å². The second-order valence-corrected chi connectivity index (χ2v) is 7.82. The van der Waals surface area contributed by atoms with Crippen LogP contribution in [0.4, 0.5) is 0 Å². The van der Waals surface area contributed by atoms with E-state index in [0.29, 0.717) is 31.0 Å². The lowest BCUT2D eigenvalue weighted by atomic mass is 9.98. The highest BCUT2D eigenvalue weighted by Crippen LogP contribution is 2.25. The highest BCUT2D eigenvalue weighted by atomic mass is 16.5. The minimum Gasteiger partial charge on any atom is -0.345 e. The first-order valence-electron chi connectivity index (χ1n) is 10.9. The van der Waals surface area contributed by atoms with Crippen LogP contribution < -0.4 is 5.32 Å². The Morgan fingerprint density at radius 2 is 1.76 bits per heavy atom. The van der Waals surface area contributed by atoms with Gasteiger partial charge in [-0.25, -0.2) is 4.98 Å². The van der Waals surface area contributed by atoms with Crippen molar-refractivity contribution < 1.29 is 9.32 Å². The van der Waals surface area contributed by atoms with Crippen molar-refractivity contribution in [2.45, 2.75) is 25.3 Å². The molecule has 1 atom stereocenters. The van der Waals surface area contributed by atoms with E-state index < -0.39 is 0 Å². The van der Waals surface area contributed by atoms with E-state index in [1.165, 1.54) is 0 Å². The van der Waals surface area contributed by atoms with E-state index in [-0.39, 0.29) is 11.9 Å². The Kier molecular flexibility index (Phi) is 5.93. The van der Waals surface area contributed by atoms with Crippen molar-refractivity contribution in [2.75, 3.05) is 0 Å². The number of fused-ring (bicyclic) bond motifs is 1. The number of amides is 1. The van der Waals surface area contributed by atoms with E-state index in [9.17, 15) is 4.79 Å². The summed E-state index contributed by atoms with van der Waals surface area (Å²) in [5.74, 6) is 1.07. The number of nitrogens with zero attached hydrogens (tertiary/aromatic N) is 3. The molecular formula is C26H23N5O2. The quantitative estimate of drug-likeness (QED) is 0.362. The maximum Gasteiger partial charge on any atom is 0.226 e. The molecule has 0 saturated carbocycles. The van der Waals surface area contributed by atoms with Gasteiger partial charge < -0.3 is 14.8 Å². The summed E-state index contributed by atoms with van der Waals surface area (Å²) in [6, 6.07) is 25.4. The number of hydrogen-bond acceptors (Lipinski definition) is 5. The van der Waals surface area contributed by atoms with Gasteiger partial charge in [0.15, 0.2) is 0 Å². The number of hydrogen-bond donors (Lipinski definition) is 2. The number of rotatable bonds is 8. The Morgan fingerprint density at radius 3 is 2.58 bits per heavy atom. The molecule has 0 aliphatic heterocycles. The molecule has 0 radical (unpaired) electrons. The van der Waals surface area contributed by atoms with Crippen molar-refractivity contribution in [3.05, 3.63) is 102 Å². The van der Waals surface area contributed by atoms with Gasteiger partial charge in [-0.15, -0.1) is 0 Å². The van der Waals surface area contributed by atoms with Crippen LogP contribution in [0, 0.1) is 0 Å². The standard InChI is InChI=1S/C26H23N5O2/c32-23(12-7-13-24-30-26(31-33-24)19-10-5-2-6-11-19)29-25(18-8-3-1-4-9-18)20-14-15-21-22(16-20)28-17-27-21/h1-6,8-11,14-17,25H,7,12-13H2,(H,27,28)(H,29,32)/t25-/m0/s1. The van der Waals surface area contributed by atoms with Gasteiger partial charge in [0.25, 0.3) is 0 Å². The molecule has 3 aromatic carbocycles. The van der Waals surface area contributed by atoms with E-state index in [4.69, 9.17) is 4.52 Å². The van der Waals surface area contributed by atoms with Gasteiger partial charge in [0, 0.05) is 18.4 Å². The summed E-state index contributed by atoms with van der Waals surface area (Å²) in [6.45, 7) is 0. The first kappa shape index (κ1) is 20.6. The molecule has 5 rings (SSSR count). The molecular weight excluding hydrogens is 414 g/mol. The highest BCUT2D eigenvalue weighted by molar-refractivity contribution is 5.78. The van der Waals surface area contributed by atoms with Gasteiger partial charge in [-0.3, -0.25) is 4.79 Å². The molecule has 0 spiro atoms. The highest BCUT2D eigenvalue weighted by Gasteiger charge is 2.18. The van der Waals surface area contributed by atoms with Crippen molar-refractivity contribution in [3.63, 3.8) is 0 Å². The molecule has 0 fully saturated rings. The van der Waals surface area contributed by atoms with Crippen molar-refractivity contribution in [1.29, 1.82) is 0 Å². The van der Waals surface area contributed by atoms with Crippen LogP contribution in [0.3, 0.4) is 0 Å². The number of benzene rings is 3. The fourth-order valence-electron chi connectivity index (χ4n) is 3.83. The summed E-state index contributed by atoms with van der Waals surface area (Å²) < 4.78 is 5.35. The zero-order valence-corrected chi connectivity index (χ0v) is 17.9. The fourth-order valence-corrected chi connectivity index (χ4v) is 3.83. The molecule has 2 N–H and O–H groups in total. The third kappa shape index (κ3) is 4.82. The van der Waals surface area contributed by atoms with Crippen LogP contribution in [0.2, 0.25) is 0 Å². The molecule has 7 heteroatoms. The largest absolute Gasteiger partial charge is 0.345 e. The molecule has 7 nitrogen and oxygen atoms in total. The number of aromatic amines is 1. The predicted octanol–water partition coefficient (Wildman–Crippen LogP) is 4.84. The minimum atomic E-state index is -0.250. The zero-order chi connectivity index (χ0) is 22.5. The van der Waals surface area contributed by atoms with Crippen molar-refractivity contribution in [2.24, 2.45) is 0 Å². The summed E-state index contributed by atoms with van der Waals surface area (Å²) >= 11 is 0. The van der Waals surface area contributed by atoms with Gasteiger partial charge in [-0.05, 0) is 29.7 Å². The predicted molar refractivity (Wildman–Crippen MR) is 125 cm³/mol. The zero-order valence-electron chi connectivity index (χ0n) is 17.9. The molecule has 0 unspecified atom stereocenters. The Bertz CT molecular complexity index is 1340. The first-order valence-corrected chi connectivity index (χ1v) is 10.9. The molecule has 5 aromatic rings. The molecule has 0 aliphatic rings. The Morgan fingerprint density at radius 1 is 0.970 bits per heavy atom. The lowest BCUT2D eigenvalue weighted by Gasteiger charge is -2.20. The maximum atomic E-state index is 12.8. The SMILES string of the molecule is O=C(CCCc1nc(-c2ccccc2)no1)N[C@@H](c1ccccc1)c1ccc2nc[nH]c2c1. The van der Waals surface area contributed by atoms with E-state index in [1.54, 1.807) is 6.33 Å². The average Bonchev–Trinajstić information content (AvgIpc) is 3.53. The molecule has 1 amide bonds. The second kappa shape index (κ2) is 9.48. The third-order valence-electron chi connectivity index (χ3n) is 5.51. The number of nitrogens with one attached hydrogen (secondary N) is 2. The Balaban J connectivity index is 1.24. The van der Waals surface area contributed by atoms with Gasteiger partial charge in [0.05, 0.1) is 23.4 Å². The Hall–Kier alpha value is -4.26.